The first-order chi connectivity index (χ1) is 8.91. The van der Waals surface area contributed by atoms with E-state index < -0.39 is 10.0 Å². The number of aromatic nitrogens is 1. The third-order valence-corrected chi connectivity index (χ3v) is 4.56. The van der Waals surface area contributed by atoms with Crippen molar-refractivity contribution in [3.63, 3.8) is 0 Å². The van der Waals surface area contributed by atoms with Crippen molar-refractivity contribution in [3.8, 4) is 0 Å². The van der Waals surface area contributed by atoms with Crippen LogP contribution in [0.4, 0.5) is 11.5 Å². The first-order valence-corrected chi connectivity index (χ1v) is 7.12. The van der Waals surface area contributed by atoms with Gasteiger partial charge in [0, 0.05) is 19.3 Å². The van der Waals surface area contributed by atoms with Crippen LogP contribution in [0.3, 0.4) is 0 Å². The van der Waals surface area contributed by atoms with E-state index in [-0.39, 0.29) is 10.7 Å². The summed E-state index contributed by atoms with van der Waals surface area (Å²) >= 11 is 0. The summed E-state index contributed by atoms with van der Waals surface area (Å²) in [6, 6.07) is 10.1. The zero-order valence-electron chi connectivity index (χ0n) is 10.7. The highest BCUT2D eigenvalue weighted by Gasteiger charge is 2.21. The molecule has 0 aliphatic heterocycles. The number of rotatable bonds is 3. The number of nitrogens with two attached hydrogens (primary N) is 1. The van der Waals surface area contributed by atoms with Crippen molar-refractivity contribution in [3.05, 3.63) is 48.2 Å². The summed E-state index contributed by atoms with van der Waals surface area (Å²) in [5.41, 5.74) is 7.13. The molecule has 2 rings (SSSR count). The van der Waals surface area contributed by atoms with Gasteiger partial charge in [-0.15, -0.1) is 0 Å². The average molecular weight is 277 g/mol. The van der Waals surface area contributed by atoms with Crippen LogP contribution >= 0.6 is 0 Å². The minimum absolute atomic E-state index is 0.129. The van der Waals surface area contributed by atoms with E-state index in [4.69, 9.17) is 5.73 Å². The lowest BCUT2D eigenvalue weighted by Gasteiger charge is -2.19. The fourth-order valence-electron chi connectivity index (χ4n) is 1.71. The summed E-state index contributed by atoms with van der Waals surface area (Å²) in [4.78, 5) is 3.92. The number of benzene rings is 1. The van der Waals surface area contributed by atoms with Crippen molar-refractivity contribution in [2.75, 3.05) is 17.1 Å². The smallest absolute Gasteiger partial charge is 0.264 e. The Morgan fingerprint density at radius 2 is 1.95 bits per heavy atom. The lowest BCUT2D eigenvalue weighted by molar-refractivity contribution is 0.594. The van der Waals surface area contributed by atoms with Crippen molar-refractivity contribution < 1.29 is 8.42 Å². The van der Waals surface area contributed by atoms with Gasteiger partial charge < -0.3 is 5.73 Å². The molecule has 0 radical (unpaired) electrons. The molecule has 19 heavy (non-hydrogen) atoms. The Kier molecular flexibility index (Phi) is 3.44. The lowest BCUT2D eigenvalue weighted by atomic mass is 10.2. The Labute approximate surface area is 112 Å². The van der Waals surface area contributed by atoms with Crippen LogP contribution in [0.15, 0.2) is 47.5 Å². The molecular formula is C13H15N3O2S. The SMILES string of the molecule is Cc1cccc(N(C)S(=O)(=O)c2ccnc(N)c2)c1. The van der Waals surface area contributed by atoms with Gasteiger partial charge in [0.05, 0.1) is 10.6 Å². The molecule has 1 heterocycles. The molecular weight excluding hydrogens is 262 g/mol. The van der Waals surface area contributed by atoms with E-state index in [0.29, 0.717) is 5.69 Å². The van der Waals surface area contributed by atoms with Gasteiger partial charge >= 0.3 is 0 Å². The number of nitrogens with zero attached hydrogens (tertiary/aromatic N) is 2. The van der Waals surface area contributed by atoms with Crippen LogP contribution in [0.2, 0.25) is 0 Å². The van der Waals surface area contributed by atoms with E-state index in [9.17, 15) is 8.42 Å². The number of hydrogen-bond acceptors (Lipinski definition) is 4. The molecule has 0 atom stereocenters. The van der Waals surface area contributed by atoms with Crippen LogP contribution in [0.1, 0.15) is 5.56 Å². The second-order valence-electron chi connectivity index (χ2n) is 4.23. The number of anilines is 2. The second kappa shape index (κ2) is 4.89. The average Bonchev–Trinajstić information content (AvgIpc) is 2.38. The molecule has 0 unspecified atom stereocenters. The maximum absolute atomic E-state index is 12.4. The maximum atomic E-state index is 12.4. The fraction of sp³-hybridized carbons (Fsp3) is 0.154. The lowest BCUT2D eigenvalue weighted by Crippen LogP contribution is -2.26. The topological polar surface area (TPSA) is 76.3 Å². The van der Waals surface area contributed by atoms with Gasteiger partial charge in [-0.05, 0) is 30.7 Å². The molecule has 100 valence electrons. The Hall–Kier alpha value is -2.08. The van der Waals surface area contributed by atoms with E-state index in [0.717, 1.165) is 5.56 Å². The van der Waals surface area contributed by atoms with Crippen molar-refractivity contribution in [2.24, 2.45) is 0 Å². The van der Waals surface area contributed by atoms with Crippen LogP contribution in [-0.4, -0.2) is 20.4 Å². The fourth-order valence-corrected chi connectivity index (χ4v) is 2.92. The van der Waals surface area contributed by atoms with Gasteiger partial charge in [-0.1, -0.05) is 12.1 Å². The van der Waals surface area contributed by atoms with Gasteiger partial charge in [-0.3, -0.25) is 4.31 Å². The number of aryl methyl sites for hydroxylation is 1. The zero-order chi connectivity index (χ0) is 14.0. The van der Waals surface area contributed by atoms with Crippen molar-refractivity contribution >= 4 is 21.5 Å². The summed E-state index contributed by atoms with van der Waals surface area (Å²) < 4.78 is 26.1. The maximum Gasteiger partial charge on any atom is 0.264 e. The highest BCUT2D eigenvalue weighted by molar-refractivity contribution is 7.92. The van der Waals surface area contributed by atoms with E-state index in [1.807, 2.05) is 25.1 Å². The van der Waals surface area contributed by atoms with E-state index in [1.165, 1.54) is 29.7 Å². The molecule has 0 saturated heterocycles. The van der Waals surface area contributed by atoms with Gasteiger partial charge in [0.25, 0.3) is 10.0 Å². The van der Waals surface area contributed by atoms with Crippen LogP contribution in [-0.2, 0) is 10.0 Å². The molecule has 2 aromatic rings. The largest absolute Gasteiger partial charge is 0.384 e. The van der Waals surface area contributed by atoms with Crippen LogP contribution in [0.25, 0.3) is 0 Å². The molecule has 1 aromatic carbocycles. The monoisotopic (exact) mass is 277 g/mol. The van der Waals surface area contributed by atoms with Crippen molar-refractivity contribution in [2.45, 2.75) is 11.8 Å². The molecule has 0 fully saturated rings. The summed E-state index contributed by atoms with van der Waals surface area (Å²) in [6.45, 7) is 1.91. The molecule has 0 spiro atoms. The summed E-state index contributed by atoms with van der Waals surface area (Å²) in [5, 5.41) is 0. The molecule has 2 N–H and O–H groups in total. The molecule has 0 aliphatic carbocycles. The van der Waals surface area contributed by atoms with Gasteiger partial charge in [0.15, 0.2) is 0 Å². The Morgan fingerprint density at radius 3 is 2.58 bits per heavy atom. The Balaban J connectivity index is 2.45. The Bertz CT molecular complexity index is 699. The molecule has 0 saturated carbocycles. The minimum atomic E-state index is -3.62. The molecule has 6 heteroatoms. The predicted molar refractivity (Wildman–Crippen MR) is 75.4 cm³/mol. The number of hydrogen-bond donors (Lipinski definition) is 1. The van der Waals surface area contributed by atoms with Gasteiger partial charge in [-0.25, -0.2) is 13.4 Å². The molecule has 1 aromatic heterocycles. The predicted octanol–water partition coefficient (Wildman–Crippen LogP) is 1.80. The first-order valence-electron chi connectivity index (χ1n) is 5.68. The van der Waals surface area contributed by atoms with E-state index >= 15 is 0 Å². The quantitative estimate of drug-likeness (QED) is 0.928. The molecule has 0 bridgehead atoms. The minimum Gasteiger partial charge on any atom is -0.384 e. The highest BCUT2D eigenvalue weighted by atomic mass is 32.2. The van der Waals surface area contributed by atoms with E-state index in [2.05, 4.69) is 4.98 Å². The summed E-state index contributed by atoms with van der Waals surface area (Å²) in [5.74, 6) is 0.179. The third-order valence-electron chi connectivity index (χ3n) is 2.78. The molecule has 0 aliphatic rings. The zero-order valence-corrected chi connectivity index (χ0v) is 11.6. The van der Waals surface area contributed by atoms with E-state index in [1.54, 1.807) is 6.07 Å². The number of pyridine rings is 1. The van der Waals surface area contributed by atoms with Crippen LogP contribution in [0.5, 0.6) is 0 Å². The first kappa shape index (κ1) is 13.4. The molecule has 0 amide bonds. The van der Waals surface area contributed by atoms with Gasteiger partial charge in [0.1, 0.15) is 5.82 Å². The van der Waals surface area contributed by atoms with Crippen LogP contribution < -0.4 is 10.0 Å². The molecule has 5 nitrogen and oxygen atoms in total. The summed E-state index contributed by atoms with van der Waals surface area (Å²) in [6.07, 6.45) is 1.38. The van der Waals surface area contributed by atoms with Crippen molar-refractivity contribution in [1.29, 1.82) is 0 Å². The van der Waals surface area contributed by atoms with Crippen LogP contribution in [0, 0.1) is 6.92 Å². The normalized spacial score (nSPS) is 11.3. The van der Waals surface area contributed by atoms with Gasteiger partial charge in [-0.2, -0.15) is 0 Å². The third kappa shape index (κ3) is 2.68. The number of nitrogen functional groups attached to an aromatic ring is 1. The highest BCUT2D eigenvalue weighted by Crippen LogP contribution is 2.23. The standard InChI is InChI=1S/C13H15N3O2S/c1-10-4-3-5-11(8-10)16(2)19(17,18)12-6-7-15-13(14)9-12/h3-9H,1-2H3,(H2,14,15). The van der Waals surface area contributed by atoms with Gasteiger partial charge in [0.2, 0.25) is 0 Å². The second-order valence-corrected chi connectivity index (χ2v) is 6.20. The van der Waals surface area contributed by atoms with Crippen molar-refractivity contribution in [1.82, 2.24) is 4.98 Å². The Morgan fingerprint density at radius 1 is 1.21 bits per heavy atom. The number of sulfonamides is 1. The summed E-state index contributed by atoms with van der Waals surface area (Å²) in [7, 11) is -2.10.